The van der Waals surface area contributed by atoms with Crippen molar-refractivity contribution in [1.29, 1.82) is 0 Å². The zero-order chi connectivity index (χ0) is 20.8. The van der Waals surface area contributed by atoms with Gasteiger partial charge in [0.15, 0.2) is 0 Å². The molecule has 0 atom stereocenters. The molecule has 0 amide bonds. The first-order valence-electron chi connectivity index (χ1n) is 11.0. The molecule has 2 heterocycles. The number of tetrazole rings is 1. The molecule has 1 aliphatic rings. The van der Waals surface area contributed by atoms with Crippen LogP contribution in [-0.4, -0.2) is 44.7 Å². The Kier molecular flexibility index (Phi) is 6.87. The molecule has 0 bridgehead atoms. The zero-order valence-electron chi connectivity index (χ0n) is 18.1. The van der Waals surface area contributed by atoms with Crippen molar-refractivity contribution >= 4 is 0 Å². The lowest BCUT2D eigenvalue weighted by Gasteiger charge is -2.30. The normalized spacial score (nSPS) is 15.5. The maximum absolute atomic E-state index is 4.53. The fraction of sp³-hybridized carbons (Fsp3) is 0.458. The monoisotopic (exact) mass is 404 g/mol. The highest BCUT2D eigenvalue weighted by molar-refractivity contribution is 5.54. The van der Waals surface area contributed by atoms with Gasteiger partial charge in [0.1, 0.15) is 0 Å². The lowest BCUT2D eigenvalue weighted by molar-refractivity contribution is 0.185. The Labute approximate surface area is 179 Å². The van der Waals surface area contributed by atoms with Gasteiger partial charge in [-0.05, 0) is 55.1 Å². The third kappa shape index (κ3) is 5.74. The molecule has 6 heteroatoms. The average Bonchev–Trinajstić information content (AvgIpc) is 3.24. The number of hydrogen-bond acceptors (Lipinski definition) is 5. The van der Waals surface area contributed by atoms with Gasteiger partial charge in [0, 0.05) is 25.2 Å². The molecule has 1 saturated heterocycles. The van der Waals surface area contributed by atoms with Crippen LogP contribution in [0.4, 0.5) is 0 Å². The molecule has 158 valence electrons. The van der Waals surface area contributed by atoms with E-state index in [9.17, 15) is 0 Å². The summed E-state index contributed by atoms with van der Waals surface area (Å²) in [6, 6.07) is 17.2. The van der Waals surface area contributed by atoms with E-state index in [1.54, 1.807) is 4.80 Å². The molecule has 0 aliphatic carbocycles. The van der Waals surface area contributed by atoms with Gasteiger partial charge in [0.2, 0.25) is 5.82 Å². The Bertz CT molecular complexity index is 908. The number of piperidine rings is 1. The highest BCUT2D eigenvalue weighted by Gasteiger charge is 2.15. The number of aryl methyl sites for hydroxylation is 1. The molecule has 0 radical (unpaired) electrons. The minimum atomic E-state index is 0.687. The molecule has 1 N–H and O–H groups in total. The molecule has 0 saturated carbocycles. The molecular weight excluding hydrogens is 372 g/mol. The lowest BCUT2D eigenvalue weighted by atomic mass is 9.99. The molecule has 6 nitrogen and oxygen atoms in total. The second-order valence-electron chi connectivity index (χ2n) is 8.53. The average molecular weight is 405 g/mol. The Morgan fingerprint density at radius 3 is 2.40 bits per heavy atom. The summed E-state index contributed by atoms with van der Waals surface area (Å²) in [6.07, 6.45) is 2.62. The van der Waals surface area contributed by atoms with E-state index in [1.807, 2.05) is 0 Å². The summed E-state index contributed by atoms with van der Waals surface area (Å²) in [5.41, 5.74) is 4.94. The Hall–Kier alpha value is -2.57. The topological polar surface area (TPSA) is 58.9 Å². The maximum Gasteiger partial charge on any atom is 0.204 e. The summed E-state index contributed by atoms with van der Waals surface area (Å²) in [6.45, 7) is 10.2. The van der Waals surface area contributed by atoms with Crippen molar-refractivity contribution in [3.8, 4) is 11.4 Å². The van der Waals surface area contributed by atoms with Crippen LogP contribution in [0.3, 0.4) is 0 Å². The second kappa shape index (κ2) is 9.96. The smallest absolute Gasteiger partial charge is 0.204 e. The van der Waals surface area contributed by atoms with Gasteiger partial charge < -0.3 is 5.32 Å². The summed E-state index contributed by atoms with van der Waals surface area (Å²) in [7, 11) is 0. The fourth-order valence-corrected chi connectivity index (χ4v) is 3.81. The number of nitrogens with zero attached hydrogens (tertiary/aromatic N) is 5. The fourth-order valence-electron chi connectivity index (χ4n) is 3.81. The molecule has 4 rings (SSSR count). The highest BCUT2D eigenvalue weighted by Crippen LogP contribution is 2.20. The van der Waals surface area contributed by atoms with Crippen LogP contribution in [0, 0.1) is 12.8 Å². The van der Waals surface area contributed by atoms with E-state index < -0.39 is 0 Å². The summed E-state index contributed by atoms with van der Waals surface area (Å²) in [5, 5.41) is 16.4. The highest BCUT2D eigenvalue weighted by atomic mass is 15.6. The van der Waals surface area contributed by atoms with Crippen LogP contribution in [0.25, 0.3) is 11.4 Å². The molecule has 2 aromatic carbocycles. The molecule has 30 heavy (non-hydrogen) atoms. The van der Waals surface area contributed by atoms with Crippen LogP contribution in [-0.2, 0) is 19.6 Å². The van der Waals surface area contributed by atoms with Gasteiger partial charge in [-0.1, -0.05) is 61.0 Å². The van der Waals surface area contributed by atoms with Gasteiger partial charge in [-0.15, -0.1) is 10.2 Å². The third-order valence-electron chi connectivity index (χ3n) is 5.89. The van der Waals surface area contributed by atoms with E-state index in [-0.39, 0.29) is 0 Å². The summed E-state index contributed by atoms with van der Waals surface area (Å²) in [5.74, 6) is 1.56. The minimum Gasteiger partial charge on any atom is -0.311 e. The standard InChI is InChI=1S/C24H32N6/c1-19-3-5-21(6-4-19)17-25-13-16-30-27-24(26-28-30)23-9-7-22(8-10-23)18-29-14-11-20(2)12-15-29/h3-10,20,25H,11-18H2,1-2H3. The Morgan fingerprint density at radius 1 is 0.967 bits per heavy atom. The van der Waals surface area contributed by atoms with E-state index in [4.69, 9.17) is 0 Å². The van der Waals surface area contributed by atoms with Gasteiger partial charge in [-0.25, -0.2) is 0 Å². The molecule has 1 aliphatic heterocycles. The second-order valence-corrected chi connectivity index (χ2v) is 8.53. The van der Waals surface area contributed by atoms with Crippen molar-refractivity contribution < 1.29 is 0 Å². The summed E-state index contributed by atoms with van der Waals surface area (Å²) < 4.78 is 0. The maximum atomic E-state index is 4.53. The van der Waals surface area contributed by atoms with Gasteiger partial charge in [0.25, 0.3) is 0 Å². The number of aromatic nitrogens is 4. The van der Waals surface area contributed by atoms with E-state index in [1.165, 1.54) is 42.6 Å². The first-order chi connectivity index (χ1) is 14.7. The summed E-state index contributed by atoms with van der Waals surface area (Å²) in [4.78, 5) is 4.22. The van der Waals surface area contributed by atoms with Crippen LogP contribution in [0.15, 0.2) is 48.5 Å². The lowest BCUT2D eigenvalue weighted by Crippen LogP contribution is -2.32. The van der Waals surface area contributed by atoms with Crippen molar-refractivity contribution in [1.82, 2.24) is 30.4 Å². The van der Waals surface area contributed by atoms with E-state index >= 15 is 0 Å². The molecule has 3 aromatic rings. The van der Waals surface area contributed by atoms with Crippen molar-refractivity contribution in [2.75, 3.05) is 19.6 Å². The first-order valence-corrected chi connectivity index (χ1v) is 11.0. The van der Waals surface area contributed by atoms with Crippen LogP contribution in [0.1, 0.15) is 36.5 Å². The minimum absolute atomic E-state index is 0.687. The zero-order valence-corrected chi connectivity index (χ0v) is 18.1. The van der Waals surface area contributed by atoms with E-state index in [0.29, 0.717) is 12.4 Å². The number of hydrogen-bond donors (Lipinski definition) is 1. The van der Waals surface area contributed by atoms with Gasteiger partial charge >= 0.3 is 0 Å². The number of nitrogens with one attached hydrogen (secondary N) is 1. The number of rotatable bonds is 8. The summed E-state index contributed by atoms with van der Waals surface area (Å²) >= 11 is 0. The molecule has 1 fully saturated rings. The SMILES string of the molecule is Cc1ccc(CNCCn2nnc(-c3ccc(CN4CCC(C)CC4)cc3)n2)cc1. The van der Waals surface area contributed by atoms with Crippen molar-refractivity contribution in [2.24, 2.45) is 5.92 Å². The van der Waals surface area contributed by atoms with Crippen LogP contribution < -0.4 is 5.32 Å². The van der Waals surface area contributed by atoms with E-state index in [0.717, 1.165) is 31.1 Å². The predicted octanol–water partition coefficient (Wildman–Crippen LogP) is 3.67. The quantitative estimate of drug-likeness (QED) is 0.581. The Morgan fingerprint density at radius 2 is 1.67 bits per heavy atom. The van der Waals surface area contributed by atoms with Gasteiger partial charge in [0.05, 0.1) is 6.54 Å². The van der Waals surface area contributed by atoms with Gasteiger partial charge in [-0.2, -0.15) is 4.80 Å². The van der Waals surface area contributed by atoms with Crippen molar-refractivity contribution in [3.05, 3.63) is 65.2 Å². The molecule has 0 unspecified atom stereocenters. The van der Waals surface area contributed by atoms with Crippen LogP contribution in [0.2, 0.25) is 0 Å². The van der Waals surface area contributed by atoms with E-state index in [2.05, 4.69) is 88.0 Å². The molecule has 1 aromatic heterocycles. The number of benzene rings is 2. The predicted molar refractivity (Wildman–Crippen MR) is 120 cm³/mol. The van der Waals surface area contributed by atoms with Crippen molar-refractivity contribution in [2.45, 2.75) is 46.3 Å². The van der Waals surface area contributed by atoms with Gasteiger partial charge in [-0.3, -0.25) is 4.90 Å². The Balaban J connectivity index is 1.24. The largest absolute Gasteiger partial charge is 0.311 e. The third-order valence-corrected chi connectivity index (χ3v) is 5.89. The van der Waals surface area contributed by atoms with Crippen LogP contribution >= 0.6 is 0 Å². The first kappa shape index (κ1) is 20.7. The molecule has 0 spiro atoms. The van der Waals surface area contributed by atoms with Crippen molar-refractivity contribution in [3.63, 3.8) is 0 Å². The van der Waals surface area contributed by atoms with Crippen LogP contribution in [0.5, 0.6) is 0 Å². The number of likely N-dealkylation sites (tertiary alicyclic amines) is 1. The molecular formula is C24H32N6.